The number of aromatic nitrogens is 1. The van der Waals surface area contributed by atoms with Crippen molar-refractivity contribution in [2.45, 2.75) is 6.92 Å². The molecule has 0 aliphatic rings. The van der Waals surface area contributed by atoms with Crippen LogP contribution in [0, 0.1) is 18.8 Å². The van der Waals surface area contributed by atoms with Crippen molar-refractivity contribution in [3.05, 3.63) is 53.2 Å². The molecule has 0 saturated carbocycles. The Bertz CT molecular complexity index is 624. The Balaban J connectivity index is 2.27. The van der Waals surface area contributed by atoms with Crippen LogP contribution < -0.4 is 10.5 Å². The summed E-state index contributed by atoms with van der Waals surface area (Å²) in [4.78, 5) is 4.03. The van der Waals surface area contributed by atoms with Crippen LogP contribution in [-0.2, 0) is 0 Å². The number of anilines is 1. The van der Waals surface area contributed by atoms with E-state index in [1.165, 1.54) is 0 Å². The van der Waals surface area contributed by atoms with E-state index in [0.29, 0.717) is 5.88 Å². The van der Waals surface area contributed by atoms with Crippen molar-refractivity contribution in [2.24, 2.45) is 0 Å². The number of rotatable bonds is 1. The Kier molecular flexibility index (Phi) is 3.49. The number of hydrogen-bond donors (Lipinski definition) is 1. The van der Waals surface area contributed by atoms with Crippen LogP contribution in [0.4, 0.5) is 5.69 Å². The van der Waals surface area contributed by atoms with Gasteiger partial charge in [-0.25, -0.2) is 4.98 Å². The second-order valence-corrected chi connectivity index (χ2v) is 3.91. The molecule has 0 radical (unpaired) electrons. The third-order valence-electron chi connectivity index (χ3n) is 2.56. The minimum absolute atomic E-state index is 0.565. The molecule has 2 N–H and O–H groups in total. The maximum Gasteiger partial charge on any atom is 0.214 e. The standard InChI is InChI=1S/C15H14N2O/c1-11-9-12(5-6-14(11)16)3-4-13-7-8-17-15(10-13)18-2/h5-10H,16H2,1-2H3. The third kappa shape index (κ3) is 2.80. The zero-order chi connectivity index (χ0) is 13.0. The van der Waals surface area contributed by atoms with E-state index in [0.717, 1.165) is 22.4 Å². The average Bonchev–Trinajstić information content (AvgIpc) is 2.40. The number of hydrogen-bond acceptors (Lipinski definition) is 3. The van der Waals surface area contributed by atoms with Gasteiger partial charge in [0, 0.05) is 29.1 Å². The zero-order valence-electron chi connectivity index (χ0n) is 10.4. The van der Waals surface area contributed by atoms with Gasteiger partial charge in [-0.3, -0.25) is 0 Å². The number of aryl methyl sites for hydroxylation is 1. The molecule has 2 aromatic rings. The van der Waals surface area contributed by atoms with Crippen LogP contribution in [0.2, 0.25) is 0 Å². The summed E-state index contributed by atoms with van der Waals surface area (Å²) in [7, 11) is 1.59. The Morgan fingerprint density at radius 2 is 1.83 bits per heavy atom. The molecule has 1 aromatic heterocycles. The van der Waals surface area contributed by atoms with Gasteiger partial charge in [-0.1, -0.05) is 11.8 Å². The lowest BCUT2D eigenvalue weighted by Gasteiger charge is -1.99. The van der Waals surface area contributed by atoms with E-state index in [9.17, 15) is 0 Å². The average molecular weight is 238 g/mol. The lowest BCUT2D eigenvalue weighted by molar-refractivity contribution is 0.398. The van der Waals surface area contributed by atoms with Crippen molar-refractivity contribution in [1.82, 2.24) is 4.98 Å². The van der Waals surface area contributed by atoms with Crippen LogP contribution in [-0.4, -0.2) is 12.1 Å². The summed E-state index contributed by atoms with van der Waals surface area (Å²) in [6, 6.07) is 9.40. The number of nitrogens with zero attached hydrogens (tertiary/aromatic N) is 1. The number of methoxy groups -OCH3 is 1. The van der Waals surface area contributed by atoms with Gasteiger partial charge in [0.25, 0.3) is 0 Å². The highest BCUT2D eigenvalue weighted by atomic mass is 16.5. The molecule has 2 rings (SSSR count). The highest BCUT2D eigenvalue weighted by Gasteiger charge is 1.95. The molecule has 18 heavy (non-hydrogen) atoms. The van der Waals surface area contributed by atoms with Gasteiger partial charge in [-0.05, 0) is 36.8 Å². The van der Waals surface area contributed by atoms with Crippen LogP contribution >= 0.6 is 0 Å². The van der Waals surface area contributed by atoms with Gasteiger partial charge in [0.2, 0.25) is 5.88 Å². The highest BCUT2D eigenvalue weighted by molar-refractivity contribution is 5.52. The second-order valence-electron chi connectivity index (χ2n) is 3.91. The summed E-state index contributed by atoms with van der Waals surface area (Å²) in [6.07, 6.45) is 1.68. The molecule has 0 aliphatic carbocycles. The van der Waals surface area contributed by atoms with E-state index in [1.807, 2.05) is 31.2 Å². The van der Waals surface area contributed by atoms with Crippen LogP contribution in [0.1, 0.15) is 16.7 Å². The van der Waals surface area contributed by atoms with Crippen molar-refractivity contribution in [1.29, 1.82) is 0 Å². The topological polar surface area (TPSA) is 48.1 Å². The number of benzene rings is 1. The first kappa shape index (κ1) is 12.0. The molecular formula is C15H14N2O. The first-order chi connectivity index (χ1) is 8.69. The first-order valence-corrected chi connectivity index (χ1v) is 5.57. The predicted molar refractivity (Wildman–Crippen MR) is 72.4 cm³/mol. The van der Waals surface area contributed by atoms with Crippen molar-refractivity contribution >= 4 is 5.69 Å². The fraction of sp³-hybridized carbons (Fsp3) is 0.133. The van der Waals surface area contributed by atoms with E-state index in [1.54, 1.807) is 19.4 Å². The number of nitrogen functional groups attached to an aromatic ring is 1. The van der Waals surface area contributed by atoms with E-state index in [-0.39, 0.29) is 0 Å². The Morgan fingerprint density at radius 1 is 1.11 bits per heavy atom. The summed E-state index contributed by atoms with van der Waals surface area (Å²) < 4.78 is 5.05. The molecule has 1 heterocycles. The molecule has 3 heteroatoms. The van der Waals surface area contributed by atoms with Crippen LogP contribution in [0.3, 0.4) is 0 Å². The van der Waals surface area contributed by atoms with E-state index in [4.69, 9.17) is 10.5 Å². The first-order valence-electron chi connectivity index (χ1n) is 5.57. The Hall–Kier alpha value is -2.47. The molecule has 0 fully saturated rings. The number of ether oxygens (including phenoxy) is 1. The quantitative estimate of drug-likeness (QED) is 0.613. The fourth-order valence-electron chi connectivity index (χ4n) is 1.50. The Morgan fingerprint density at radius 3 is 2.50 bits per heavy atom. The van der Waals surface area contributed by atoms with Crippen molar-refractivity contribution < 1.29 is 4.74 Å². The highest BCUT2D eigenvalue weighted by Crippen LogP contribution is 2.12. The van der Waals surface area contributed by atoms with E-state index >= 15 is 0 Å². The van der Waals surface area contributed by atoms with Gasteiger partial charge < -0.3 is 10.5 Å². The van der Waals surface area contributed by atoms with Crippen LogP contribution in [0.25, 0.3) is 0 Å². The van der Waals surface area contributed by atoms with Crippen molar-refractivity contribution in [2.75, 3.05) is 12.8 Å². The van der Waals surface area contributed by atoms with Crippen LogP contribution in [0.5, 0.6) is 5.88 Å². The predicted octanol–water partition coefficient (Wildman–Crippen LogP) is 2.38. The molecule has 0 bridgehead atoms. The van der Waals surface area contributed by atoms with Gasteiger partial charge in [0.15, 0.2) is 0 Å². The second kappa shape index (κ2) is 5.24. The summed E-state index contributed by atoms with van der Waals surface area (Å²) in [5, 5.41) is 0. The molecule has 0 aliphatic heterocycles. The molecule has 90 valence electrons. The largest absolute Gasteiger partial charge is 0.481 e. The monoisotopic (exact) mass is 238 g/mol. The lowest BCUT2D eigenvalue weighted by atomic mass is 10.1. The summed E-state index contributed by atoms with van der Waals surface area (Å²) in [5.74, 6) is 6.73. The SMILES string of the molecule is COc1cc(C#Cc2ccc(N)c(C)c2)ccn1. The minimum atomic E-state index is 0.565. The van der Waals surface area contributed by atoms with Crippen molar-refractivity contribution in [3.8, 4) is 17.7 Å². The maximum absolute atomic E-state index is 5.76. The van der Waals surface area contributed by atoms with Gasteiger partial charge in [-0.2, -0.15) is 0 Å². The maximum atomic E-state index is 5.76. The number of nitrogens with two attached hydrogens (primary N) is 1. The van der Waals surface area contributed by atoms with E-state index in [2.05, 4.69) is 16.8 Å². The Labute approximate surface area is 107 Å². The molecular weight excluding hydrogens is 224 g/mol. The summed E-state index contributed by atoms with van der Waals surface area (Å²) in [5.41, 5.74) is 9.39. The summed E-state index contributed by atoms with van der Waals surface area (Å²) in [6.45, 7) is 1.97. The smallest absolute Gasteiger partial charge is 0.214 e. The third-order valence-corrected chi connectivity index (χ3v) is 2.56. The van der Waals surface area contributed by atoms with E-state index < -0.39 is 0 Å². The molecule has 1 aromatic carbocycles. The molecule has 0 amide bonds. The van der Waals surface area contributed by atoms with Gasteiger partial charge >= 0.3 is 0 Å². The normalized spacial score (nSPS) is 9.44. The van der Waals surface area contributed by atoms with Gasteiger partial charge in [0.1, 0.15) is 0 Å². The molecule has 0 unspecified atom stereocenters. The van der Waals surface area contributed by atoms with Crippen LogP contribution in [0.15, 0.2) is 36.5 Å². The molecule has 0 spiro atoms. The minimum Gasteiger partial charge on any atom is -0.481 e. The van der Waals surface area contributed by atoms with Gasteiger partial charge in [0.05, 0.1) is 7.11 Å². The molecule has 3 nitrogen and oxygen atoms in total. The van der Waals surface area contributed by atoms with Gasteiger partial charge in [-0.15, -0.1) is 0 Å². The number of pyridine rings is 1. The summed E-state index contributed by atoms with van der Waals surface area (Å²) >= 11 is 0. The lowest BCUT2D eigenvalue weighted by Crippen LogP contribution is -1.89. The molecule has 0 saturated heterocycles. The fourth-order valence-corrected chi connectivity index (χ4v) is 1.50. The molecule has 0 atom stereocenters. The van der Waals surface area contributed by atoms with Crippen molar-refractivity contribution in [3.63, 3.8) is 0 Å². The zero-order valence-corrected chi connectivity index (χ0v) is 10.4.